The van der Waals surface area contributed by atoms with Crippen LogP contribution in [0.25, 0.3) is 0 Å². The van der Waals surface area contributed by atoms with Gasteiger partial charge in [0.15, 0.2) is 0 Å². The van der Waals surface area contributed by atoms with E-state index in [-0.39, 0.29) is 17.0 Å². The van der Waals surface area contributed by atoms with E-state index in [4.69, 9.17) is 5.73 Å². The van der Waals surface area contributed by atoms with Crippen LogP contribution in [0.4, 0.5) is 0 Å². The number of aromatic amines is 1. The van der Waals surface area contributed by atoms with Gasteiger partial charge in [0.05, 0.1) is 11.1 Å². The summed E-state index contributed by atoms with van der Waals surface area (Å²) in [6, 6.07) is 2.87. The van der Waals surface area contributed by atoms with Crippen molar-refractivity contribution >= 4 is 5.91 Å². The van der Waals surface area contributed by atoms with Crippen LogP contribution in [-0.4, -0.2) is 23.0 Å². The highest BCUT2D eigenvalue weighted by Gasteiger charge is 2.33. The maximum Gasteiger partial charge on any atom is 0.253 e. The molecule has 5 heteroatoms. The Labute approximate surface area is 99.4 Å². The summed E-state index contributed by atoms with van der Waals surface area (Å²) in [6.45, 7) is 0.460. The molecule has 0 bridgehead atoms. The van der Waals surface area contributed by atoms with Crippen LogP contribution >= 0.6 is 0 Å². The monoisotopic (exact) mass is 235 g/mol. The molecule has 0 aliphatic heterocycles. The van der Waals surface area contributed by atoms with Gasteiger partial charge in [0.1, 0.15) is 0 Å². The second-order valence-corrected chi connectivity index (χ2v) is 4.59. The summed E-state index contributed by atoms with van der Waals surface area (Å²) in [7, 11) is 0. The van der Waals surface area contributed by atoms with Gasteiger partial charge in [-0.25, -0.2) is 0 Å². The Morgan fingerprint density at radius 3 is 2.65 bits per heavy atom. The average molecular weight is 235 g/mol. The van der Waals surface area contributed by atoms with Gasteiger partial charge in [0, 0.05) is 18.8 Å². The first kappa shape index (κ1) is 11.9. The number of carbonyl (C=O) groups is 1. The van der Waals surface area contributed by atoms with Crippen molar-refractivity contribution in [3.8, 4) is 0 Å². The van der Waals surface area contributed by atoms with Crippen molar-refractivity contribution in [3.63, 3.8) is 0 Å². The lowest BCUT2D eigenvalue weighted by molar-refractivity contribution is 0.0902. The predicted octanol–water partition coefficient (Wildman–Crippen LogP) is 0.376. The first-order valence-electron chi connectivity index (χ1n) is 5.87. The lowest BCUT2D eigenvalue weighted by Gasteiger charge is -2.28. The smallest absolute Gasteiger partial charge is 0.253 e. The van der Waals surface area contributed by atoms with E-state index in [1.54, 1.807) is 0 Å². The largest absolute Gasteiger partial charge is 0.345 e. The standard InChI is InChI=1S/C12H17N3O2/c13-8-12(5-1-2-6-12)15-11(17)9-3-4-10(16)14-7-9/h3-4,7H,1-2,5-6,8,13H2,(H,14,16)(H,15,17). The maximum absolute atomic E-state index is 12.0. The Kier molecular flexibility index (Phi) is 3.28. The number of hydrogen-bond acceptors (Lipinski definition) is 3. The SMILES string of the molecule is NCC1(NC(=O)c2ccc(=O)[nH]c2)CCCC1. The Morgan fingerprint density at radius 2 is 2.12 bits per heavy atom. The Balaban J connectivity index is 2.10. The zero-order chi connectivity index (χ0) is 12.3. The molecule has 0 unspecified atom stereocenters. The van der Waals surface area contributed by atoms with Gasteiger partial charge >= 0.3 is 0 Å². The molecule has 92 valence electrons. The Hall–Kier alpha value is -1.62. The number of nitrogens with one attached hydrogen (secondary N) is 2. The summed E-state index contributed by atoms with van der Waals surface area (Å²) in [6.07, 6.45) is 5.49. The second-order valence-electron chi connectivity index (χ2n) is 4.59. The summed E-state index contributed by atoms with van der Waals surface area (Å²) in [4.78, 5) is 25.4. The van der Waals surface area contributed by atoms with Crippen LogP contribution in [0.3, 0.4) is 0 Å². The molecule has 2 rings (SSSR count). The van der Waals surface area contributed by atoms with Crippen LogP contribution in [0, 0.1) is 0 Å². The summed E-state index contributed by atoms with van der Waals surface area (Å²) < 4.78 is 0. The zero-order valence-corrected chi connectivity index (χ0v) is 9.66. The molecule has 1 saturated carbocycles. The van der Waals surface area contributed by atoms with Crippen molar-refractivity contribution in [1.29, 1.82) is 0 Å². The normalized spacial score (nSPS) is 17.9. The van der Waals surface area contributed by atoms with E-state index in [9.17, 15) is 9.59 Å². The van der Waals surface area contributed by atoms with Crippen LogP contribution in [0.2, 0.25) is 0 Å². The average Bonchev–Trinajstić information content (AvgIpc) is 2.79. The van der Waals surface area contributed by atoms with Gasteiger partial charge in [-0.1, -0.05) is 12.8 Å². The number of amides is 1. The number of nitrogens with two attached hydrogens (primary N) is 1. The molecule has 0 spiro atoms. The molecule has 1 aromatic heterocycles. The lowest BCUT2D eigenvalue weighted by Crippen LogP contribution is -2.51. The molecular formula is C12H17N3O2. The molecule has 17 heavy (non-hydrogen) atoms. The van der Waals surface area contributed by atoms with Gasteiger partial charge in [-0.3, -0.25) is 9.59 Å². The Bertz CT molecular complexity index is 441. The number of carbonyl (C=O) groups excluding carboxylic acids is 1. The van der Waals surface area contributed by atoms with Crippen LogP contribution in [0.15, 0.2) is 23.1 Å². The third-order valence-corrected chi connectivity index (χ3v) is 3.38. The molecule has 1 aliphatic carbocycles. The topological polar surface area (TPSA) is 88.0 Å². The molecule has 4 N–H and O–H groups in total. The first-order chi connectivity index (χ1) is 8.15. The summed E-state index contributed by atoms with van der Waals surface area (Å²) in [5.74, 6) is -0.173. The van der Waals surface area contributed by atoms with Crippen LogP contribution in [0.1, 0.15) is 36.0 Å². The highest BCUT2D eigenvalue weighted by molar-refractivity contribution is 5.94. The molecule has 1 aromatic rings. The molecule has 0 saturated heterocycles. The first-order valence-corrected chi connectivity index (χ1v) is 5.87. The van der Waals surface area contributed by atoms with Crippen molar-refractivity contribution < 1.29 is 4.79 Å². The summed E-state index contributed by atoms with van der Waals surface area (Å²) in [5, 5.41) is 2.99. The zero-order valence-electron chi connectivity index (χ0n) is 9.66. The van der Waals surface area contributed by atoms with E-state index in [1.807, 2.05) is 0 Å². The minimum Gasteiger partial charge on any atom is -0.345 e. The van der Waals surface area contributed by atoms with E-state index >= 15 is 0 Å². The van der Waals surface area contributed by atoms with Gasteiger partial charge in [-0.05, 0) is 18.9 Å². The molecule has 1 amide bonds. The van der Waals surface area contributed by atoms with Crippen LogP contribution in [0.5, 0.6) is 0 Å². The quantitative estimate of drug-likeness (QED) is 0.707. The van der Waals surface area contributed by atoms with E-state index in [0.29, 0.717) is 12.1 Å². The van der Waals surface area contributed by atoms with E-state index in [1.165, 1.54) is 18.3 Å². The summed E-state index contributed by atoms with van der Waals surface area (Å²) in [5.41, 5.74) is 5.74. The van der Waals surface area contributed by atoms with Crippen molar-refractivity contribution in [2.24, 2.45) is 5.73 Å². The predicted molar refractivity (Wildman–Crippen MR) is 64.8 cm³/mol. The Morgan fingerprint density at radius 1 is 1.41 bits per heavy atom. The third-order valence-electron chi connectivity index (χ3n) is 3.38. The summed E-state index contributed by atoms with van der Waals surface area (Å²) >= 11 is 0. The molecule has 0 radical (unpaired) electrons. The maximum atomic E-state index is 12.0. The van der Waals surface area contributed by atoms with E-state index in [2.05, 4.69) is 10.3 Å². The fourth-order valence-electron chi connectivity index (χ4n) is 2.30. The van der Waals surface area contributed by atoms with Crippen molar-refractivity contribution in [1.82, 2.24) is 10.3 Å². The highest BCUT2D eigenvalue weighted by Crippen LogP contribution is 2.28. The fraction of sp³-hybridized carbons (Fsp3) is 0.500. The molecule has 5 nitrogen and oxygen atoms in total. The third kappa shape index (κ3) is 2.55. The number of pyridine rings is 1. The van der Waals surface area contributed by atoms with Gasteiger partial charge in [-0.2, -0.15) is 0 Å². The van der Waals surface area contributed by atoms with Gasteiger partial charge in [-0.15, -0.1) is 0 Å². The highest BCUT2D eigenvalue weighted by atomic mass is 16.2. The van der Waals surface area contributed by atoms with Gasteiger partial charge in [0.25, 0.3) is 5.91 Å². The molecule has 0 aromatic carbocycles. The number of rotatable bonds is 3. The van der Waals surface area contributed by atoms with Crippen molar-refractivity contribution in [2.75, 3.05) is 6.54 Å². The van der Waals surface area contributed by atoms with Crippen LogP contribution < -0.4 is 16.6 Å². The molecule has 1 aliphatic rings. The van der Waals surface area contributed by atoms with Crippen molar-refractivity contribution in [3.05, 3.63) is 34.2 Å². The number of H-pyrrole nitrogens is 1. The van der Waals surface area contributed by atoms with Crippen LogP contribution in [-0.2, 0) is 0 Å². The van der Waals surface area contributed by atoms with Gasteiger partial charge in [0.2, 0.25) is 5.56 Å². The van der Waals surface area contributed by atoms with E-state index < -0.39 is 0 Å². The molecular weight excluding hydrogens is 218 g/mol. The van der Waals surface area contributed by atoms with Crippen molar-refractivity contribution in [2.45, 2.75) is 31.2 Å². The lowest BCUT2D eigenvalue weighted by atomic mass is 9.97. The molecule has 1 heterocycles. The van der Waals surface area contributed by atoms with E-state index in [0.717, 1.165) is 25.7 Å². The number of hydrogen-bond donors (Lipinski definition) is 3. The van der Waals surface area contributed by atoms with Gasteiger partial charge < -0.3 is 16.0 Å². The number of aromatic nitrogens is 1. The second kappa shape index (κ2) is 4.71. The minimum atomic E-state index is -0.257. The molecule has 1 fully saturated rings. The fourth-order valence-corrected chi connectivity index (χ4v) is 2.30. The molecule has 0 atom stereocenters. The minimum absolute atomic E-state index is 0.173.